The van der Waals surface area contributed by atoms with Crippen molar-refractivity contribution in [2.45, 2.75) is 34.6 Å². The zero-order valence-corrected chi connectivity index (χ0v) is 9.59. The molecule has 0 aromatic heterocycles. The van der Waals surface area contributed by atoms with Gasteiger partial charge in [-0.15, -0.1) is 0 Å². The zero-order chi connectivity index (χ0) is 11.1. The first-order chi connectivity index (χ1) is 6.35. The fourth-order valence-corrected chi connectivity index (χ4v) is 0.399. The highest BCUT2D eigenvalue weighted by Crippen LogP contribution is 1.87. The lowest BCUT2D eigenvalue weighted by atomic mass is 10.4. The second-order valence-corrected chi connectivity index (χ2v) is 1.48. The Hall–Kier alpha value is -1.02. The summed E-state index contributed by atoms with van der Waals surface area (Å²) < 4.78 is 0. The van der Waals surface area contributed by atoms with E-state index in [2.05, 4.69) is 12.0 Å². The SMILES string of the molecule is C=C/C=C\C(=C/C)NN.CC.CC. The summed E-state index contributed by atoms with van der Waals surface area (Å²) in [5.74, 6) is 5.12. The summed E-state index contributed by atoms with van der Waals surface area (Å²) >= 11 is 0. The van der Waals surface area contributed by atoms with Gasteiger partial charge in [0.1, 0.15) is 0 Å². The lowest BCUT2D eigenvalue weighted by molar-refractivity contribution is 0.913. The third-order valence-electron chi connectivity index (χ3n) is 0.890. The fraction of sp³-hybridized carbons (Fsp3) is 0.455. The van der Waals surface area contributed by atoms with Crippen molar-refractivity contribution in [3.63, 3.8) is 0 Å². The van der Waals surface area contributed by atoms with Crippen molar-refractivity contribution in [2.75, 3.05) is 0 Å². The van der Waals surface area contributed by atoms with Crippen molar-refractivity contribution < 1.29 is 0 Å². The molecule has 0 aliphatic heterocycles. The molecule has 0 spiro atoms. The summed E-state index contributed by atoms with van der Waals surface area (Å²) in [7, 11) is 0. The van der Waals surface area contributed by atoms with Gasteiger partial charge in [-0.25, -0.2) is 0 Å². The monoisotopic (exact) mass is 184 g/mol. The number of nitrogens with two attached hydrogens (primary N) is 1. The summed E-state index contributed by atoms with van der Waals surface area (Å²) in [4.78, 5) is 0. The number of rotatable bonds is 3. The molecule has 13 heavy (non-hydrogen) atoms. The summed E-state index contributed by atoms with van der Waals surface area (Å²) in [6.45, 7) is 13.4. The van der Waals surface area contributed by atoms with E-state index in [0.717, 1.165) is 5.70 Å². The van der Waals surface area contributed by atoms with Crippen LogP contribution in [0.25, 0.3) is 0 Å². The van der Waals surface area contributed by atoms with E-state index in [1.807, 2.05) is 52.8 Å². The van der Waals surface area contributed by atoms with Gasteiger partial charge in [0.25, 0.3) is 0 Å². The molecule has 0 aromatic carbocycles. The number of allylic oxidation sites excluding steroid dienone is 4. The van der Waals surface area contributed by atoms with Gasteiger partial charge >= 0.3 is 0 Å². The highest BCUT2D eigenvalue weighted by molar-refractivity contribution is 5.18. The topological polar surface area (TPSA) is 38.0 Å². The van der Waals surface area contributed by atoms with Crippen molar-refractivity contribution in [2.24, 2.45) is 5.84 Å². The first-order valence-corrected chi connectivity index (χ1v) is 4.77. The Morgan fingerprint density at radius 2 is 1.69 bits per heavy atom. The molecule has 0 radical (unpaired) electrons. The molecule has 0 aliphatic rings. The van der Waals surface area contributed by atoms with E-state index in [0.29, 0.717) is 0 Å². The van der Waals surface area contributed by atoms with Gasteiger partial charge < -0.3 is 5.43 Å². The van der Waals surface area contributed by atoms with Gasteiger partial charge in [-0.05, 0) is 13.0 Å². The van der Waals surface area contributed by atoms with Crippen LogP contribution in [0.2, 0.25) is 0 Å². The predicted molar refractivity (Wildman–Crippen MR) is 63.1 cm³/mol. The van der Waals surface area contributed by atoms with Gasteiger partial charge in [0.05, 0.1) is 0 Å². The maximum Gasteiger partial charge on any atom is 0.0442 e. The Morgan fingerprint density at radius 3 is 1.92 bits per heavy atom. The van der Waals surface area contributed by atoms with E-state index in [4.69, 9.17) is 5.84 Å². The molecule has 2 nitrogen and oxygen atoms in total. The van der Waals surface area contributed by atoms with Crippen LogP contribution in [0.1, 0.15) is 34.6 Å². The van der Waals surface area contributed by atoms with Gasteiger partial charge in [-0.1, -0.05) is 52.5 Å². The van der Waals surface area contributed by atoms with Crippen LogP contribution in [0.4, 0.5) is 0 Å². The number of hydrazine groups is 1. The second kappa shape index (κ2) is 22.4. The lowest BCUT2D eigenvalue weighted by Gasteiger charge is -1.95. The molecule has 0 saturated carbocycles. The Bertz CT molecular complexity index is 135. The Labute approximate surface area is 83.2 Å². The molecular weight excluding hydrogens is 160 g/mol. The number of nitrogens with one attached hydrogen (secondary N) is 1. The number of hydrogen-bond donors (Lipinski definition) is 2. The van der Waals surface area contributed by atoms with E-state index >= 15 is 0 Å². The van der Waals surface area contributed by atoms with E-state index < -0.39 is 0 Å². The standard InChI is InChI=1S/C7H12N2.2C2H6/c1-3-5-6-7(4-2)9-8;2*1-2/h3-6,9H,1,8H2,2H3;2*1-2H3/b6-5-,7-4+;;. The van der Waals surface area contributed by atoms with Crippen molar-refractivity contribution in [1.82, 2.24) is 5.43 Å². The maximum atomic E-state index is 5.12. The van der Waals surface area contributed by atoms with E-state index in [1.165, 1.54) is 0 Å². The average molecular weight is 184 g/mol. The van der Waals surface area contributed by atoms with Crippen LogP contribution in [0.3, 0.4) is 0 Å². The van der Waals surface area contributed by atoms with Crippen LogP contribution in [0, 0.1) is 0 Å². The van der Waals surface area contributed by atoms with Crippen LogP contribution in [-0.4, -0.2) is 0 Å². The third-order valence-corrected chi connectivity index (χ3v) is 0.890. The maximum absolute atomic E-state index is 5.12. The zero-order valence-electron chi connectivity index (χ0n) is 9.59. The molecule has 2 heteroatoms. The lowest BCUT2D eigenvalue weighted by Crippen LogP contribution is -2.19. The van der Waals surface area contributed by atoms with Gasteiger partial charge in [-0.3, -0.25) is 5.84 Å². The van der Waals surface area contributed by atoms with Crippen molar-refractivity contribution >= 4 is 0 Å². The molecule has 0 heterocycles. The summed E-state index contributed by atoms with van der Waals surface area (Å²) in [5.41, 5.74) is 3.40. The van der Waals surface area contributed by atoms with E-state index in [1.54, 1.807) is 6.08 Å². The predicted octanol–water partition coefficient (Wildman–Crippen LogP) is 3.15. The summed E-state index contributed by atoms with van der Waals surface area (Å²) in [5, 5.41) is 0. The van der Waals surface area contributed by atoms with Gasteiger partial charge in [0.2, 0.25) is 0 Å². The van der Waals surface area contributed by atoms with Crippen LogP contribution >= 0.6 is 0 Å². The fourth-order valence-electron chi connectivity index (χ4n) is 0.399. The second-order valence-electron chi connectivity index (χ2n) is 1.48. The molecule has 0 aliphatic carbocycles. The van der Waals surface area contributed by atoms with Crippen LogP contribution in [0.15, 0.2) is 36.6 Å². The molecule has 3 N–H and O–H groups in total. The minimum absolute atomic E-state index is 0.884. The van der Waals surface area contributed by atoms with E-state index in [9.17, 15) is 0 Å². The molecule has 0 bridgehead atoms. The third kappa shape index (κ3) is 18.2. The summed E-state index contributed by atoms with van der Waals surface area (Å²) in [6.07, 6.45) is 7.23. The van der Waals surface area contributed by atoms with Gasteiger partial charge in [0, 0.05) is 5.70 Å². The molecule has 0 aromatic rings. The molecule has 0 saturated heterocycles. The van der Waals surface area contributed by atoms with Crippen molar-refractivity contribution in [1.29, 1.82) is 0 Å². The summed E-state index contributed by atoms with van der Waals surface area (Å²) in [6, 6.07) is 0. The van der Waals surface area contributed by atoms with Gasteiger partial charge in [-0.2, -0.15) is 0 Å². The average Bonchev–Trinajstić information content (AvgIpc) is 2.25. The van der Waals surface area contributed by atoms with Crippen LogP contribution < -0.4 is 11.3 Å². The Kier molecular flexibility index (Phi) is 30.9. The molecular formula is C11H24N2. The molecule has 0 fully saturated rings. The highest BCUT2D eigenvalue weighted by atomic mass is 15.2. The quantitative estimate of drug-likeness (QED) is 0.402. The van der Waals surface area contributed by atoms with Gasteiger partial charge in [0.15, 0.2) is 0 Å². The van der Waals surface area contributed by atoms with Crippen LogP contribution in [0.5, 0.6) is 0 Å². The van der Waals surface area contributed by atoms with Crippen LogP contribution in [-0.2, 0) is 0 Å². The highest BCUT2D eigenvalue weighted by Gasteiger charge is 1.78. The minimum atomic E-state index is 0.884. The van der Waals surface area contributed by atoms with E-state index in [-0.39, 0.29) is 0 Å². The molecule has 0 atom stereocenters. The number of hydrogen-bond acceptors (Lipinski definition) is 2. The molecule has 0 amide bonds. The normalized spacial score (nSPS) is 9.23. The molecule has 0 unspecified atom stereocenters. The largest absolute Gasteiger partial charge is 0.324 e. The molecule has 78 valence electrons. The Morgan fingerprint density at radius 1 is 1.23 bits per heavy atom. The smallest absolute Gasteiger partial charge is 0.0442 e. The first kappa shape index (κ1) is 17.9. The molecule has 0 rings (SSSR count). The first-order valence-electron chi connectivity index (χ1n) is 4.77. The Balaban J connectivity index is -0.000000218. The van der Waals surface area contributed by atoms with Crippen molar-refractivity contribution in [3.8, 4) is 0 Å². The minimum Gasteiger partial charge on any atom is -0.324 e. The van der Waals surface area contributed by atoms with Crippen molar-refractivity contribution in [3.05, 3.63) is 36.6 Å².